The number of hydrogen-bond acceptors (Lipinski definition) is 3. The van der Waals surface area contributed by atoms with E-state index in [1.165, 1.54) is 0 Å². The summed E-state index contributed by atoms with van der Waals surface area (Å²) in [5.41, 5.74) is 5.85. The average Bonchev–Trinajstić information content (AvgIpc) is 2.20. The monoisotopic (exact) mass is 231 g/mol. The van der Waals surface area contributed by atoms with Gasteiger partial charge in [0.1, 0.15) is 0 Å². The summed E-state index contributed by atoms with van der Waals surface area (Å²) in [6, 6.07) is 1.85. The number of rotatable bonds is 3. The van der Waals surface area contributed by atoms with Crippen molar-refractivity contribution in [2.45, 2.75) is 18.7 Å². The summed E-state index contributed by atoms with van der Waals surface area (Å²) in [6.07, 6.45) is -1.66. The summed E-state index contributed by atoms with van der Waals surface area (Å²) in [6.45, 7) is 0. The summed E-state index contributed by atoms with van der Waals surface area (Å²) in [5, 5.41) is 8.46. The van der Waals surface area contributed by atoms with E-state index in [4.69, 9.17) is 22.6 Å². The molecule has 15 heavy (non-hydrogen) atoms. The van der Waals surface area contributed by atoms with Gasteiger partial charge in [0, 0.05) is 17.3 Å². The number of hydrogen-bond donors (Lipinski definition) is 1. The van der Waals surface area contributed by atoms with Gasteiger partial charge in [-0.3, -0.25) is 4.98 Å². The van der Waals surface area contributed by atoms with E-state index >= 15 is 0 Å². The minimum absolute atomic E-state index is 0.0146. The lowest BCUT2D eigenvalue weighted by Crippen LogP contribution is -2.05. The highest BCUT2D eigenvalue weighted by molar-refractivity contribution is 6.17. The lowest BCUT2D eigenvalue weighted by Gasteiger charge is -2.11. The van der Waals surface area contributed by atoms with E-state index < -0.39 is 6.43 Å². The van der Waals surface area contributed by atoms with Gasteiger partial charge in [-0.05, 0) is 0 Å². The number of nitrogens with zero attached hydrogens (tertiary/aromatic N) is 2. The molecule has 2 N–H and O–H groups in total. The van der Waals surface area contributed by atoms with Gasteiger partial charge < -0.3 is 5.73 Å². The molecule has 1 rings (SSSR count). The Morgan fingerprint density at radius 1 is 1.60 bits per heavy atom. The summed E-state index contributed by atoms with van der Waals surface area (Å²) in [4.78, 5) is 3.71. The Labute approximate surface area is 90.5 Å². The molecule has 0 fully saturated rings. The molecule has 0 unspecified atom stereocenters. The van der Waals surface area contributed by atoms with Crippen LogP contribution in [0.15, 0.2) is 6.20 Å². The van der Waals surface area contributed by atoms with Gasteiger partial charge in [0.05, 0.1) is 29.8 Å². The van der Waals surface area contributed by atoms with Gasteiger partial charge in [0.15, 0.2) is 0 Å². The Morgan fingerprint density at radius 2 is 2.27 bits per heavy atom. The van der Waals surface area contributed by atoms with E-state index in [1.54, 1.807) is 0 Å². The maximum atomic E-state index is 12.5. The van der Waals surface area contributed by atoms with Crippen LogP contribution in [0.5, 0.6) is 0 Å². The van der Waals surface area contributed by atoms with Crippen molar-refractivity contribution in [1.82, 2.24) is 4.98 Å². The molecule has 0 atom stereocenters. The molecular weight excluding hydrogens is 224 g/mol. The van der Waals surface area contributed by atoms with Gasteiger partial charge in [-0.2, -0.15) is 5.26 Å². The second-order valence-corrected chi connectivity index (χ2v) is 3.09. The molecule has 0 bridgehead atoms. The molecule has 3 nitrogen and oxygen atoms in total. The van der Waals surface area contributed by atoms with Crippen LogP contribution in [-0.2, 0) is 12.3 Å². The van der Waals surface area contributed by atoms with Crippen molar-refractivity contribution in [1.29, 1.82) is 5.26 Å². The van der Waals surface area contributed by atoms with Crippen LogP contribution in [0.2, 0.25) is 0 Å². The van der Waals surface area contributed by atoms with Crippen molar-refractivity contribution in [3.8, 4) is 6.07 Å². The number of halogens is 3. The fraction of sp³-hybridized carbons (Fsp3) is 0.333. The van der Waals surface area contributed by atoms with Gasteiger partial charge in [-0.15, -0.1) is 11.6 Å². The number of nitrogens with two attached hydrogens (primary N) is 1. The van der Waals surface area contributed by atoms with Crippen LogP contribution in [0.4, 0.5) is 14.5 Å². The van der Waals surface area contributed by atoms with Gasteiger partial charge in [0.2, 0.25) is 0 Å². The molecule has 0 aliphatic heterocycles. The van der Waals surface area contributed by atoms with Crippen molar-refractivity contribution in [2.75, 3.05) is 5.73 Å². The van der Waals surface area contributed by atoms with E-state index in [0.29, 0.717) is 0 Å². The van der Waals surface area contributed by atoms with Gasteiger partial charge in [-0.25, -0.2) is 8.78 Å². The van der Waals surface area contributed by atoms with Crippen LogP contribution < -0.4 is 5.73 Å². The van der Waals surface area contributed by atoms with Crippen LogP contribution in [0.3, 0.4) is 0 Å². The highest BCUT2D eigenvalue weighted by Crippen LogP contribution is 2.29. The Morgan fingerprint density at radius 3 is 2.73 bits per heavy atom. The van der Waals surface area contributed by atoms with E-state index in [0.717, 1.165) is 6.20 Å². The van der Waals surface area contributed by atoms with E-state index in [1.807, 2.05) is 6.07 Å². The molecule has 80 valence electrons. The maximum Gasteiger partial charge on any atom is 0.265 e. The molecular formula is C9H8ClF2N3. The molecule has 0 aliphatic rings. The first-order valence-corrected chi connectivity index (χ1v) is 4.62. The smallest absolute Gasteiger partial charge is 0.265 e. The number of nitrogen functional groups attached to an aromatic ring is 1. The van der Waals surface area contributed by atoms with E-state index in [2.05, 4.69) is 4.98 Å². The third kappa shape index (κ3) is 2.34. The van der Waals surface area contributed by atoms with Crippen molar-refractivity contribution in [2.24, 2.45) is 0 Å². The molecule has 0 amide bonds. The highest BCUT2D eigenvalue weighted by atomic mass is 35.5. The molecule has 0 saturated heterocycles. The first kappa shape index (κ1) is 11.7. The molecule has 1 heterocycles. The van der Waals surface area contributed by atoms with E-state index in [9.17, 15) is 8.78 Å². The summed E-state index contributed by atoms with van der Waals surface area (Å²) in [5.74, 6) is -0.119. The predicted octanol–water partition coefficient (Wildman–Crippen LogP) is 2.41. The molecule has 0 aromatic carbocycles. The van der Waals surface area contributed by atoms with Gasteiger partial charge in [-0.1, -0.05) is 0 Å². The zero-order valence-electron chi connectivity index (χ0n) is 7.67. The first-order chi connectivity index (χ1) is 7.11. The normalized spacial score (nSPS) is 10.3. The van der Waals surface area contributed by atoms with Crippen molar-refractivity contribution in [3.63, 3.8) is 0 Å². The molecule has 1 aromatic rings. The lowest BCUT2D eigenvalue weighted by atomic mass is 10.1. The third-order valence-electron chi connectivity index (χ3n) is 1.96. The third-order valence-corrected chi connectivity index (χ3v) is 2.23. The molecule has 0 spiro atoms. The maximum absolute atomic E-state index is 12.5. The fourth-order valence-electron chi connectivity index (χ4n) is 1.18. The number of pyridine rings is 1. The van der Waals surface area contributed by atoms with E-state index in [-0.39, 0.29) is 34.8 Å². The number of nitriles is 1. The Kier molecular flexibility index (Phi) is 3.81. The minimum atomic E-state index is -2.66. The Bertz CT molecular complexity index is 401. The van der Waals surface area contributed by atoms with Crippen LogP contribution in [0.25, 0.3) is 0 Å². The molecule has 0 saturated carbocycles. The summed E-state index contributed by atoms with van der Waals surface area (Å²) in [7, 11) is 0. The fourth-order valence-corrected chi connectivity index (χ4v) is 1.48. The zero-order chi connectivity index (χ0) is 11.4. The topological polar surface area (TPSA) is 62.7 Å². The predicted molar refractivity (Wildman–Crippen MR) is 52.5 cm³/mol. The quantitative estimate of drug-likeness (QED) is 0.813. The summed E-state index contributed by atoms with van der Waals surface area (Å²) >= 11 is 5.53. The molecule has 6 heteroatoms. The van der Waals surface area contributed by atoms with Gasteiger partial charge >= 0.3 is 0 Å². The number of alkyl halides is 3. The molecule has 0 radical (unpaired) electrons. The SMILES string of the molecule is N#CCc1ncc(C(F)F)c(CCl)c1N. The van der Waals surface area contributed by atoms with Crippen molar-refractivity contribution >= 4 is 17.3 Å². The van der Waals surface area contributed by atoms with Crippen molar-refractivity contribution < 1.29 is 8.78 Å². The second-order valence-electron chi connectivity index (χ2n) is 2.82. The Hall–Kier alpha value is -1.41. The van der Waals surface area contributed by atoms with Crippen LogP contribution in [0, 0.1) is 11.3 Å². The molecule has 0 aliphatic carbocycles. The van der Waals surface area contributed by atoms with Crippen LogP contribution in [-0.4, -0.2) is 4.98 Å². The second kappa shape index (κ2) is 4.89. The van der Waals surface area contributed by atoms with Crippen LogP contribution in [0.1, 0.15) is 23.2 Å². The van der Waals surface area contributed by atoms with Crippen LogP contribution >= 0.6 is 11.6 Å². The molecule has 1 aromatic heterocycles. The highest BCUT2D eigenvalue weighted by Gasteiger charge is 2.17. The van der Waals surface area contributed by atoms with Gasteiger partial charge in [0.25, 0.3) is 6.43 Å². The minimum Gasteiger partial charge on any atom is -0.397 e. The average molecular weight is 232 g/mol. The van der Waals surface area contributed by atoms with Crippen molar-refractivity contribution in [3.05, 3.63) is 23.0 Å². The zero-order valence-corrected chi connectivity index (χ0v) is 8.43. The largest absolute Gasteiger partial charge is 0.397 e. The number of aromatic nitrogens is 1. The number of anilines is 1. The standard InChI is InChI=1S/C9H8ClF2N3/c10-3-5-6(9(11)12)4-15-7(1-2-13)8(5)14/h4,9H,1,3,14H2. The lowest BCUT2D eigenvalue weighted by molar-refractivity contribution is 0.150. The Balaban J connectivity index is 3.27. The summed E-state index contributed by atoms with van der Waals surface area (Å²) < 4.78 is 25.0. The first-order valence-electron chi connectivity index (χ1n) is 4.09.